The normalized spacial score (nSPS) is 11.2. The maximum atomic E-state index is 13.7. The van der Waals surface area contributed by atoms with E-state index in [1.165, 1.54) is 12.1 Å². The van der Waals surface area contributed by atoms with Crippen molar-refractivity contribution in [2.45, 2.75) is 6.42 Å². The Hall–Kier alpha value is -2.94. The van der Waals surface area contributed by atoms with E-state index < -0.39 is 11.8 Å². The molecule has 2 N–H and O–H groups in total. The number of hydrogen-bond acceptors (Lipinski definition) is 3. The summed E-state index contributed by atoms with van der Waals surface area (Å²) in [4.78, 5) is 25.1. The van der Waals surface area contributed by atoms with Crippen LogP contribution in [-0.4, -0.2) is 18.4 Å². The molecule has 7 heteroatoms. The molecule has 0 saturated heterocycles. The van der Waals surface area contributed by atoms with Gasteiger partial charge in [0.1, 0.15) is 17.3 Å². The fourth-order valence-corrected chi connectivity index (χ4v) is 3.03. The van der Waals surface area contributed by atoms with E-state index in [1.807, 2.05) is 22.6 Å². The topological polar surface area (TPSA) is 71.3 Å². The maximum Gasteiger partial charge on any atom is 0.267 e. The molecule has 5 nitrogen and oxygen atoms in total. The zero-order valence-electron chi connectivity index (χ0n) is 15.3. The van der Waals surface area contributed by atoms with Crippen molar-refractivity contribution >= 4 is 40.5 Å². The van der Waals surface area contributed by atoms with Crippen LogP contribution in [0.15, 0.2) is 76.8 Å². The summed E-state index contributed by atoms with van der Waals surface area (Å²) >= 11 is 2.01. The van der Waals surface area contributed by atoms with Gasteiger partial charge in [0.15, 0.2) is 3.77 Å². The molecule has 1 heterocycles. The molecule has 0 aliphatic heterocycles. The van der Waals surface area contributed by atoms with Crippen LogP contribution < -0.4 is 10.6 Å². The lowest BCUT2D eigenvalue weighted by Crippen LogP contribution is -2.35. The van der Waals surface area contributed by atoms with Gasteiger partial charge in [0.25, 0.3) is 11.8 Å². The van der Waals surface area contributed by atoms with Crippen molar-refractivity contribution in [2.75, 3.05) is 6.54 Å². The van der Waals surface area contributed by atoms with Crippen molar-refractivity contribution in [3.05, 3.63) is 98.9 Å². The van der Waals surface area contributed by atoms with E-state index in [0.29, 0.717) is 27.1 Å². The van der Waals surface area contributed by atoms with Gasteiger partial charge < -0.3 is 15.1 Å². The van der Waals surface area contributed by atoms with Gasteiger partial charge >= 0.3 is 0 Å². The van der Waals surface area contributed by atoms with Crippen LogP contribution in [0.1, 0.15) is 21.7 Å². The summed E-state index contributed by atoms with van der Waals surface area (Å²) in [6.45, 7) is 0.216. The molecule has 3 rings (SSSR count). The fourth-order valence-electron chi connectivity index (χ4n) is 2.60. The second-order valence-corrected chi connectivity index (χ2v) is 7.18. The Morgan fingerprint density at radius 3 is 2.41 bits per heavy atom. The Labute approximate surface area is 181 Å². The van der Waals surface area contributed by atoms with Crippen LogP contribution in [0.25, 0.3) is 6.08 Å². The minimum atomic E-state index is -0.489. The second kappa shape index (κ2) is 10.0. The standard InChI is InChI=1S/C22H18FIN2O3/c23-18-9-5-4-6-15(18)12-13-25-22(28)19(14-17-10-11-20(24)29-17)26-21(27)16-7-2-1-3-8-16/h1-11,14H,12-13H2,(H,25,28)(H,26,27)/b19-14+. The average Bonchev–Trinajstić information content (AvgIpc) is 3.14. The first-order valence-electron chi connectivity index (χ1n) is 8.88. The number of nitrogens with one attached hydrogen (secondary N) is 2. The fraction of sp³-hybridized carbons (Fsp3) is 0.0909. The van der Waals surface area contributed by atoms with Crippen LogP contribution in [0.2, 0.25) is 0 Å². The highest BCUT2D eigenvalue weighted by Gasteiger charge is 2.15. The third kappa shape index (κ3) is 6.02. The summed E-state index contributed by atoms with van der Waals surface area (Å²) in [6, 6.07) is 18.4. The van der Waals surface area contributed by atoms with Crippen molar-refractivity contribution in [3.8, 4) is 0 Å². The number of halogens is 2. The summed E-state index contributed by atoms with van der Waals surface area (Å²) in [6.07, 6.45) is 1.79. The number of benzene rings is 2. The molecule has 0 fully saturated rings. The maximum absolute atomic E-state index is 13.7. The molecule has 0 unspecified atom stereocenters. The lowest BCUT2D eigenvalue weighted by atomic mass is 10.1. The highest BCUT2D eigenvalue weighted by molar-refractivity contribution is 14.1. The molecular weight excluding hydrogens is 486 g/mol. The summed E-state index contributed by atoms with van der Waals surface area (Å²) in [5, 5.41) is 5.33. The van der Waals surface area contributed by atoms with E-state index in [2.05, 4.69) is 10.6 Å². The molecule has 0 radical (unpaired) electrons. The zero-order chi connectivity index (χ0) is 20.6. The Morgan fingerprint density at radius 2 is 1.72 bits per heavy atom. The zero-order valence-corrected chi connectivity index (χ0v) is 17.5. The number of furan rings is 1. The first kappa shape index (κ1) is 20.8. The molecule has 2 aromatic carbocycles. The number of hydrogen-bond donors (Lipinski definition) is 2. The Morgan fingerprint density at radius 1 is 1.00 bits per heavy atom. The number of amides is 2. The third-order valence-corrected chi connectivity index (χ3v) is 4.63. The Bertz CT molecular complexity index is 1030. The first-order chi connectivity index (χ1) is 14.0. The molecule has 1 aromatic heterocycles. The van der Waals surface area contributed by atoms with Crippen LogP contribution in [0.3, 0.4) is 0 Å². The average molecular weight is 504 g/mol. The summed E-state index contributed by atoms with van der Waals surface area (Å²) in [5.74, 6) is -0.790. The van der Waals surface area contributed by atoms with Crippen molar-refractivity contribution in [2.24, 2.45) is 0 Å². The SMILES string of the molecule is O=C(NCCc1ccccc1F)/C(=C\c1ccc(I)o1)NC(=O)c1ccccc1. The predicted octanol–water partition coefficient (Wildman–Crippen LogP) is 4.15. The third-order valence-electron chi connectivity index (χ3n) is 4.05. The molecule has 0 atom stereocenters. The monoisotopic (exact) mass is 504 g/mol. The van der Waals surface area contributed by atoms with Gasteiger partial charge in [-0.2, -0.15) is 0 Å². The number of rotatable bonds is 7. The molecule has 0 spiro atoms. The van der Waals surface area contributed by atoms with E-state index in [-0.39, 0.29) is 18.1 Å². The lowest BCUT2D eigenvalue weighted by molar-refractivity contribution is -0.117. The van der Waals surface area contributed by atoms with Crippen molar-refractivity contribution in [3.63, 3.8) is 0 Å². The van der Waals surface area contributed by atoms with Gasteiger partial charge in [-0.25, -0.2) is 4.39 Å². The van der Waals surface area contributed by atoms with Crippen LogP contribution in [0.4, 0.5) is 4.39 Å². The predicted molar refractivity (Wildman–Crippen MR) is 116 cm³/mol. The van der Waals surface area contributed by atoms with Gasteiger partial charge in [-0.05, 0) is 64.9 Å². The van der Waals surface area contributed by atoms with Gasteiger partial charge in [0.05, 0.1) is 0 Å². The van der Waals surface area contributed by atoms with E-state index in [9.17, 15) is 14.0 Å². The van der Waals surface area contributed by atoms with Gasteiger partial charge in [0, 0.05) is 18.2 Å². The van der Waals surface area contributed by atoms with Crippen LogP contribution in [-0.2, 0) is 11.2 Å². The minimum Gasteiger partial charge on any atom is -0.451 e. The van der Waals surface area contributed by atoms with Gasteiger partial charge in [-0.3, -0.25) is 9.59 Å². The lowest BCUT2D eigenvalue weighted by Gasteiger charge is -2.11. The number of carbonyl (C=O) groups is 2. The molecule has 0 aliphatic carbocycles. The minimum absolute atomic E-state index is 0.0399. The van der Waals surface area contributed by atoms with Crippen molar-refractivity contribution in [1.29, 1.82) is 0 Å². The summed E-state index contributed by atoms with van der Waals surface area (Å²) < 4.78 is 19.9. The van der Waals surface area contributed by atoms with E-state index in [0.717, 1.165) is 0 Å². The van der Waals surface area contributed by atoms with E-state index in [4.69, 9.17) is 4.42 Å². The molecule has 0 saturated carbocycles. The van der Waals surface area contributed by atoms with Gasteiger partial charge in [-0.1, -0.05) is 36.4 Å². The van der Waals surface area contributed by atoms with Gasteiger partial charge in [-0.15, -0.1) is 0 Å². The van der Waals surface area contributed by atoms with Crippen LogP contribution >= 0.6 is 22.6 Å². The highest BCUT2D eigenvalue weighted by Crippen LogP contribution is 2.14. The van der Waals surface area contributed by atoms with Gasteiger partial charge in [0.2, 0.25) is 0 Å². The molecule has 3 aromatic rings. The Balaban J connectivity index is 1.71. The second-order valence-electron chi connectivity index (χ2n) is 6.12. The van der Waals surface area contributed by atoms with Crippen LogP contribution in [0, 0.1) is 9.58 Å². The largest absolute Gasteiger partial charge is 0.451 e. The van der Waals surface area contributed by atoms with E-state index in [1.54, 1.807) is 60.7 Å². The Kier molecular flexibility index (Phi) is 7.18. The van der Waals surface area contributed by atoms with E-state index >= 15 is 0 Å². The smallest absolute Gasteiger partial charge is 0.267 e. The number of carbonyl (C=O) groups excluding carboxylic acids is 2. The molecule has 0 aliphatic rings. The molecule has 29 heavy (non-hydrogen) atoms. The first-order valence-corrected chi connectivity index (χ1v) is 9.96. The summed E-state index contributed by atoms with van der Waals surface area (Å²) in [5.41, 5.74) is 0.969. The molecule has 0 bridgehead atoms. The molecule has 2 amide bonds. The summed E-state index contributed by atoms with van der Waals surface area (Å²) in [7, 11) is 0. The van der Waals surface area contributed by atoms with Crippen molar-refractivity contribution in [1.82, 2.24) is 10.6 Å². The molecule has 148 valence electrons. The van der Waals surface area contributed by atoms with Crippen LogP contribution in [0.5, 0.6) is 0 Å². The quantitative estimate of drug-likeness (QED) is 0.375. The highest BCUT2D eigenvalue weighted by atomic mass is 127. The molecular formula is C22H18FIN2O3. The van der Waals surface area contributed by atoms with Crippen molar-refractivity contribution < 1.29 is 18.4 Å².